The number of aliphatic hydroxyl groups is 1. The number of amides is 5. The molecule has 0 saturated carbocycles. The average Bonchev–Trinajstić information content (AvgIpc) is 0.969. The van der Waals surface area contributed by atoms with E-state index in [2.05, 4.69) is 57.6 Å². The molecule has 0 unspecified atom stereocenters. The monoisotopic (exact) mass is 1690 g/mol. The Morgan fingerprint density at radius 1 is 0.724 bits per heavy atom. The first-order chi connectivity index (χ1) is 55.4. The van der Waals surface area contributed by atoms with E-state index in [0.717, 1.165) is 107 Å². The molecule has 23 nitrogen and oxygen atoms in total. The van der Waals surface area contributed by atoms with Crippen molar-refractivity contribution in [2.45, 2.75) is 130 Å². The lowest BCUT2D eigenvalue weighted by Crippen LogP contribution is -2.59. The Morgan fingerprint density at radius 3 is 1.96 bits per heavy atom. The first kappa shape index (κ1) is 85.5. The van der Waals surface area contributed by atoms with Crippen molar-refractivity contribution in [3.05, 3.63) is 190 Å². The SMILES string of the molecule is Cc1ncsc1-c1ccc([C@H](C)NC(=O)[C@@H]2C[C@@H](O)CN2C(=O)[C@@H](NC(=O)CN2CCN(c3ccc(C(=O)N4CCC5(CCC(c6ccc(Cl)cc6)=C(CN6CCN(c7ccc(C(=O)NS(=O)(=O)c8ccc(N[C@H](CCN9CCOCC9)CSc9ccccc9)c(S(=O)(=O)C(F)(F)F)c8)cc7)CC6)C5)CC4)cc3)CC2)C(C)(C)C)cc1. The van der Waals surface area contributed by atoms with Gasteiger partial charge in [0.15, 0.2) is 0 Å². The number of aliphatic hydroxyl groups excluding tert-OH is 1. The number of nitrogens with zero attached hydrogens (tertiary/aromatic N) is 8. The molecular formula is C85H102ClF3N12O11S4. The molecule has 1 aliphatic carbocycles. The number of aromatic nitrogens is 1. The van der Waals surface area contributed by atoms with Crippen molar-refractivity contribution >= 4 is 107 Å². The van der Waals surface area contributed by atoms with E-state index < -0.39 is 82.3 Å². The van der Waals surface area contributed by atoms with Gasteiger partial charge in [0.1, 0.15) is 17.0 Å². The van der Waals surface area contributed by atoms with E-state index in [1.807, 2.05) is 141 Å². The zero-order valence-corrected chi connectivity index (χ0v) is 70.0. The largest absolute Gasteiger partial charge is 0.501 e. The third-order valence-electron chi connectivity index (χ3n) is 23.3. The van der Waals surface area contributed by atoms with Crippen LogP contribution in [0.25, 0.3) is 16.0 Å². The minimum atomic E-state index is -6.11. The third kappa shape index (κ3) is 20.8. The molecule has 1 aromatic heterocycles. The number of β-amino-alcohol motifs (C(OH)–C–C–N with tert-alkyl or cyclic N) is 1. The molecule has 6 aromatic carbocycles. The number of aryl methyl sites for hydroxylation is 1. The van der Waals surface area contributed by atoms with Crippen LogP contribution in [0.4, 0.5) is 30.2 Å². The molecule has 5 fully saturated rings. The van der Waals surface area contributed by atoms with Gasteiger partial charge in [-0.3, -0.25) is 38.7 Å². The van der Waals surface area contributed by atoms with Crippen LogP contribution in [0.3, 0.4) is 0 Å². The standard InChI is InChI=1S/C85H102ClF3N12O11S4/c1-57(59-11-13-61(14-12-59)77-58(2)90-56-114-77)91-80(105)74-49-69(102)53-101(74)82(107)78(83(3,4)5)93-76(103)54-97-39-43-99(44-40-97)68-25-19-63(20-26-68)81(106)100-35-32-84(33-36-100)31-29-72(60-15-21-65(86)22-16-60)64(51-84)52-96-37-41-98(42-38-96)67-23-17-62(18-24-67)79(104)94-116(110,111)71-27-28-73(75(50-71)115(108,109)85(87,88)89)92-66(30-34-95-45-47-112-48-46-95)55-113-70-9-7-6-8-10-70/h6-28,50,56-57,66,69,74,78,92,102H,29-49,51-55H2,1-5H3,(H,91,105)(H,93,103)(H,94,104)/t57-,66+,69+,74-,78+/m0/s1. The Balaban J connectivity index is 0.574. The van der Waals surface area contributed by atoms with Gasteiger partial charge < -0.3 is 45.4 Å². The second-order valence-electron chi connectivity index (χ2n) is 32.3. The molecule has 5 N–H and O–H groups in total. The van der Waals surface area contributed by atoms with Gasteiger partial charge in [-0.15, -0.1) is 23.1 Å². The van der Waals surface area contributed by atoms with Crippen LogP contribution >= 0.6 is 34.7 Å². The van der Waals surface area contributed by atoms with Gasteiger partial charge in [-0.2, -0.15) is 13.2 Å². The topological polar surface area (TPSA) is 267 Å². The predicted molar refractivity (Wildman–Crippen MR) is 447 cm³/mol. The molecule has 6 aliphatic rings. The second-order valence-corrected chi connectivity index (χ2v) is 38.3. The fraction of sp³-hybridized carbons (Fsp3) is 0.459. The normalized spacial score (nSPS) is 19.7. The number of rotatable bonds is 26. The Morgan fingerprint density at radius 2 is 1.34 bits per heavy atom. The number of nitrogens with one attached hydrogen (secondary N) is 4. The zero-order valence-electron chi connectivity index (χ0n) is 66.0. The number of allylic oxidation sites excluding steroid dienone is 1. The number of alkyl halides is 3. The molecule has 5 aliphatic heterocycles. The molecule has 5 amide bonds. The summed E-state index contributed by atoms with van der Waals surface area (Å²) >= 11 is 9.42. The number of piperidine rings is 1. The van der Waals surface area contributed by atoms with Gasteiger partial charge in [0.2, 0.25) is 17.7 Å². The van der Waals surface area contributed by atoms with Gasteiger partial charge >= 0.3 is 5.51 Å². The van der Waals surface area contributed by atoms with Gasteiger partial charge in [-0.05, 0) is 176 Å². The maximum absolute atomic E-state index is 14.5. The molecule has 0 radical (unpaired) electrons. The van der Waals surface area contributed by atoms with E-state index in [1.165, 1.54) is 39.9 Å². The zero-order chi connectivity index (χ0) is 82.3. The number of hydrogen-bond acceptors (Lipinski definition) is 20. The van der Waals surface area contributed by atoms with Gasteiger partial charge in [0, 0.05) is 149 Å². The van der Waals surface area contributed by atoms with Crippen LogP contribution in [0.5, 0.6) is 0 Å². The summed E-state index contributed by atoms with van der Waals surface area (Å²) in [5.41, 5.74) is 3.92. The fourth-order valence-corrected chi connectivity index (χ4v) is 20.4. The minimum Gasteiger partial charge on any atom is -0.391 e. The lowest BCUT2D eigenvalue weighted by Gasteiger charge is -2.46. The second kappa shape index (κ2) is 36.8. The summed E-state index contributed by atoms with van der Waals surface area (Å²) in [5, 5.41) is 20.6. The number of likely N-dealkylation sites (tertiary alicyclic amines) is 2. The molecule has 5 saturated heterocycles. The summed E-state index contributed by atoms with van der Waals surface area (Å²) in [7, 11) is -11.0. The lowest BCUT2D eigenvalue weighted by molar-refractivity contribution is -0.144. The highest BCUT2D eigenvalue weighted by atomic mass is 35.5. The Labute approximate surface area is 690 Å². The molecule has 116 heavy (non-hydrogen) atoms. The predicted octanol–water partition coefficient (Wildman–Crippen LogP) is 11.7. The van der Waals surface area contributed by atoms with E-state index in [0.29, 0.717) is 114 Å². The molecule has 31 heteroatoms. The van der Waals surface area contributed by atoms with Crippen molar-refractivity contribution in [1.29, 1.82) is 0 Å². The lowest BCUT2D eigenvalue weighted by atomic mass is 9.65. The van der Waals surface area contributed by atoms with E-state index in [-0.39, 0.29) is 54.3 Å². The van der Waals surface area contributed by atoms with Gasteiger partial charge in [0.05, 0.1) is 58.6 Å². The Bertz CT molecular complexity index is 4900. The number of anilines is 3. The van der Waals surface area contributed by atoms with Crippen molar-refractivity contribution in [3.63, 3.8) is 0 Å². The summed E-state index contributed by atoms with van der Waals surface area (Å²) in [6.45, 7) is 19.6. The Kier molecular flexibility index (Phi) is 27.1. The van der Waals surface area contributed by atoms with Crippen LogP contribution in [0.1, 0.15) is 116 Å². The van der Waals surface area contributed by atoms with E-state index in [9.17, 15) is 59.1 Å². The number of sulfonamides is 1. The van der Waals surface area contributed by atoms with Crippen LogP contribution in [-0.4, -0.2) is 234 Å². The summed E-state index contributed by atoms with van der Waals surface area (Å²) in [6.07, 6.45) is 4.06. The van der Waals surface area contributed by atoms with Crippen LogP contribution in [0, 0.1) is 17.8 Å². The van der Waals surface area contributed by atoms with Crippen molar-refractivity contribution in [3.8, 4) is 10.4 Å². The minimum absolute atomic E-state index is 0.00215. The van der Waals surface area contributed by atoms with Crippen molar-refractivity contribution < 1.29 is 63.8 Å². The smallest absolute Gasteiger partial charge is 0.391 e. The van der Waals surface area contributed by atoms with Crippen LogP contribution in [-0.2, 0) is 39.0 Å². The van der Waals surface area contributed by atoms with E-state index >= 15 is 0 Å². The van der Waals surface area contributed by atoms with Crippen molar-refractivity contribution in [1.82, 2.24) is 44.8 Å². The Hall–Kier alpha value is -8.43. The van der Waals surface area contributed by atoms with Gasteiger partial charge in [-0.25, -0.2) is 26.5 Å². The molecule has 1 spiro atoms. The van der Waals surface area contributed by atoms with Crippen LogP contribution in [0.2, 0.25) is 5.02 Å². The number of benzene rings is 6. The van der Waals surface area contributed by atoms with Crippen LogP contribution in [0.15, 0.2) is 171 Å². The molecule has 0 bridgehead atoms. The first-order valence-electron chi connectivity index (χ1n) is 39.6. The molecule has 7 aromatic rings. The number of thiazole rings is 1. The van der Waals surface area contributed by atoms with Crippen LogP contribution < -0.4 is 30.5 Å². The summed E-state index contributed by atoms with van der Waals surface area (Å²) in [5.74, 6) is -1.84. The van der Waals surface area contributed by atoms with E-state index in [4.69, 9.17) is 16.3 Å². The highest BCUT2D eigenvalue weighted by Gasteiger charge is 2.50. The summed E-state index contributed by atoms with van der Waals surface area (Å²) in [6, 6.07) is 39.0. The van der Waals surface area contributed by atoms with Gasteiger partial charge in [-0.1, -0.05) is 92.5 Å². The number of ether oxygens (including phenoxy) is 1. The number of morpholine rings is 1. The number of halogens is 4. The third-order valence-corrected chi connectivity index (χ3v) is 28.6. The number of carbonyl (C=O) groups is 5. The van der Waals surface area contributed by atoms with Crippen molar-refractivity contribution in [2.24, 2.45) is 10.8 Å². The highest BCUT2D eigenvalue weighted by molar-refractivity contribution is 7.99. The summed E-state index contributed by atoms with van der Waals surface area (Å²) in [4.78, 5) is 88.9. The first-order valence-corrected chi connectivity index (χ1v) is 44.8. The summed E-state index contributed by atoms with van der Waals surface area (Å²) < 4.78 is 105. The molecule has 620 valence electrons. The molecule has 13 rings (SSSR count). The molecular weight excluding hydrogens is 1590 g/mol. The molecule has 5 atom stereocenters. The fourth-order valence-electron chi connectivity index (χ4n) is 16.5. The average molecular weight is 1690 g/mol. The maximum Gasteiger partial charge on any atom is 0.501 e. The van der Waals surface area contributed by atoms with E-state index in [1.54, 1.807) is 23.5 Å². The number of thioether (sulfide) groups is 1. The quantitative estimate of drug-likeness (QED) is 0.0315. The highest BCUT2D eigenvalue weighted by Crippen LogP contribution is 2.50. The molecule has 6 heterocycles. The van der Waals surface area contributed by atoms with Gasteiger partial charge in [0.25, 0.3) is 31.7 Å². The number of carbonyl (C=O) groups excluding carboxylic acids is 5. The number of hydrogen-bond donors (Lipinski definition) is 5. The number of piperazine rings is 2. The van der Waals surface area contributed by atoms with Crippen molar-refractivity contribution in [2.75, 3.05) is 139 Å². The maximum atomic E-state index is 14.5. The number of sulfone groups is 1.